The Hall–Kier alpha value is -2.55. The van der Waals surface area contributed by atoms with Gasteiger partial charge in [0.25, 0.3) is 11.8 Å². The van der Waals surface area contributed by atoms with Gasteiger partial charge in [0.2, 0.25) is 5.91 Å². The minimum absolute atomic E-state index is 0.0353. The minimum atomic E-state index is -1.36. The Morgan fingerprint density at radius 3 is 2.30 bits per heavy atom. The molecule has 0 radical (unpaired) electrons. The zero-order chi connectivity index (χ0) is 27.5. The van der Waals surface area contributed by atoms with Crippen molar-refractivity contribution in [2.24, 2.45) is 10.9 Å². The molecule has 2 atom stereocenters. The summed E-state index contributed by atoms with van der Waals surface area (Å²) in [5.41, 5.74) is 1.30. The van der Waals surface area contributed by atoms with Gasteiger partial charge in [-0.25, -0.2) is 4.99 Å². The second-order valence-electron chi connectivity index (χ2n) is 8.00. The molecule has 3 N–H and O–H groups in total. The smallest absolute Gasteiger partial charge is 0.268 e. The first kappa shape index (κ1) is 29.0. The number of carbonyl (C=O) groups is 3. The van der Waals surface area contributed by atoms with Gasteiger partial charge in [-0.2, -0.15) is 0 Å². The fraction of sp³-hybridized carbons (Fsp3) is 0.200. The molecule has 2 aromatic rings. The van der Waals surface area contributed by atoms with Gasteiger partial charge in [0.15, 0.2) is 0 Å². The third-order valence-electron chi connectivity index (χ3n) is 5.48. The summed E-state index contributed by atoms with van der Waals surface area (Å²) in [4.78, 5) is 41.4. The van der Waals surface area contributed by atoms with Crippen LogP contribution in [-0.2, 0) is 9.59 Å². The molecule has 0 heterocycles. The van der Waals surface area contributed by atoms with E-state index in [9.17, 15) is 14.4 Å². The Morgan fingerprint density at radius 1 is 1.05 bits per heavy atom. The number of halogens is 5. The van der Waals surface area contributed by atoms with E-state index in [1.54, 1.807) is 37.3 Å². The Kier molecular flexibility index (Phi) is 9.32. The molecule has 1 aliphatic carbocycles. The number of carbonyl (C=O) groups excluding carboxylic acids is 3. The molecule has 1 fully saturated rings. The highest BCUT2D eigenvalue weighted by atomic mass is 35.5. The third-order valence-corrected chi connectivity index (χ3v) is 7.18. The number of aliphatic imine (C=N–C) groups is 1. The summed E-state index contributed by atoms with van der Waals surface area (Å²) in [7, 11) is 1.45. The molecule has 1 saturated carbocycles. The SMILES string of the molecule is C=C(/N=C\C(=C/C)NC(=O)c1cc(NC(=O)C2C(c3cc(Cl)cc(Cl)c3)C2(Cl)Cl)ccc1Cl)C(=O)NC. The third kappa shape index (κ3) is 6.86. The zero-order valence-corrected chi connectivity index (χ0v) is 23.3. The van der Waals surface area contributed by atoms with Crippen molar-refractivity contribution in [3.05, 3.63) is 86.6 Å². The average molecular weight is 603 g/mol. The van der Waals surface area contributed by atoms with Crippen LogP contribution in [-0.4, -0.2) is 35.3 Å². The van der Waals surface area contributed by atoms with Crippen molar-refractivity contribution >= 4 is 87.6 Å². The molecule has 1 aliphatic rings. The standard InChI is InChI=1S/C25H21Cl5N4O3/c1-4-16(11-32-12(2)22(35)31-3)33-23(36)18-10-17(5-6-19(18)28)34-24(37)21-20(25(21,29)30)13-7-14(26)9-15(27)8-13/h4-11,20-21H,2H2,1,3H3,(H,31,35)(H,33,36)(H,34,37)/b16-4+,32-11-. The maximum absolute atomic E-state index is 13.0. The van der Waals surface area contributed by atoms with Crippen molar-refractivity contribution < 1.29 is 14.4 Å². The van der Waals surface area contributed by atoms with Crippen molar-refractivity contribution in [2.45, 2.75) is 17.2 Å². The lowest BCUT2D eigenvalue weighted by Crippen LogP contribution is -2.25. The molecular formula is C25H21Cl5N4O3. The molecular weight excluding hydrogens is 582 g/mol. The predicted molar refractivity (Wildman–Crippen MR) is 150 cm³/mol. The molecule has 7 nitrogen and oxygen atoms in total. The van der Waals surface area contributed by atoms with Crippen molar-refractivity contribution in [2.75, 3.05) is 12.4 Å². The second-order valence-corrected chi connectivity index (χ2v) is 10.7. The minimum Gasteiger partial charge on any atom is -0.354 e. The number of anilines is 1. The number of benzene rings is 2. The van der Waals surface area contributed by atoms with Crippen LogP contribution in [0.3, 0.4) is 0 Å². The van der Waals surface area contributed by atoms with Gasteiger partial charge in [-0.3, -0.25) is 14.4 Å². The molecule has 0 spiro atoms. The van der Waals surface area contributed by atoms with E-state index in [0.717, 1.165) is 0 Å². The number of rotatable bonds is 8. The highest BCUT2D eigenvalue weighted by Gasteiger charge is 2.67. The van der Waals surface area contributed by atoms with E-state index in [4.69, 9.17) is 58.0 Å². The monoisotopic (exact) mass is 600 g/mol. The second kappa shape index (κ2) is 11.9. The van der Waals surface area contributed by atoms with Crippen LogP contribution in [0.5, 0.6) is 0 Å². The molecule has 0 aliphatic heterocycles. The van der Waals surface area contributed by atoms with Crippen molar-refractivity contribution in [1.29, 1.82) is 0 Å². The van der Waals surface area contributed by atoms with Gasteiger partial charge < -0.3 is 16.0 Å². The van der Waals surface area contributed by atoms with Crippen LogP contribution in [0.4, 0.5) is 5.69 Å². The first-order chi connectivity index (χ1) is 17.4. The number of amides is 3. The van der Waals surface area contributed by atoms with Crippen LogP contribution >= 0.6 is 58.0 Å². The molecule has 3 rings (SSSR count). The molecule has 0 bridgehead atoms. The summed E-state index contributed by atoms with van der Waals surface area (Å²) in [6.45, 7) is 5.21. The fourth-order valence-electron chi connectivity index (χ4n) is 3.55. The molecule has 0 saturated heterocycles. The summed E-state index contributed by atoms with van der Waals surface area (Å²) in [6.07, 6.45) is 2.86. The lowest BCUT2D eigenvalue weighted by atomic mass is 10.1. The first-order valence-electron chi connectivity index (χ1n) is 10.8. The Labute approximate surface area is 238 Å². The van der Waals surface area contributed by atoms with Gasteiger partial charge in [0, 0.05) is 28.7 Å². The molecule has 3 amide bonds. The predicted octanol–water partition coefficient (Wildman–Crippen LogP) is 6.14. The average Bonchev–Trinajstić information content (AvgIpc) is 3.43. The van der Waals surface area contributed by atoms with E-state index in [1.165, 1.54) is 25.4 Å². The largest absolute Gasteiger partial charge is 0.354 e. The van der Waals surface area contributed by atoms with Crippen LogP contribution in [0.25, 0.3) is 0 Å². The van der Waals surface area contributed by atoms with E-state index in [2.05, 4.69) is 27.5 Å². The van der Waals surface area contributed by atoms with Crippen LogP contribution in [0.15, 0.2) is 65.4 Å². The summed E-state index contributed by atoms with van der Waals surface area (Å²) in [5, 5.41) is 8.71. The highest BCUT2D eigenvalue weighted by Crippen LogP contribution is 2.65. The van der Waals surface area contributed by atoms with E-state index in [1.807, 2.05) is 0 Å². The topological polar surface area (TPSA) is 99.7 Å². The Morgan fingerprint density at radius 2 is 1.70 bits per heavy atom. The van der Waals surface area contributed by atoms with Crippen LogP contribution < -0.4 is 16.0 Å². The van der Waals surface area contributed by atoms with Crippen molar-refractivity contribution in [1.82, 2.24) is 10.6 Å². The number of hydrogen-bond donors (Lipinski definition) is 3. The van der Waals surface area contributed by atoms with E-state index in [0.29, 0.717) is 27.0 Å². The first-order valence-corrected chi connectivity index (χ1v) is 12.6. The van der Waals surface area contributed by atoms with Crippen molar-refractivity contribution in [3.8, 4) is 0 Å². The molecule has 0 aromatic heterocycles. The molecule has 2 aromatic carbocycles. The maximum Gasteiger partial charge on any atom is 0.268 e. The van der Waals surface area contributed by atoms with E-state index in [-0.39, 0.29) is 16.3 Å². The summed E-state index contributed by atoms with van der Waals surface area (Å²) in [6, 6.07) is 9.31. The van der Waals surface area contributed by atoms with Crippen LogP contribution in [0, 0.1) is 5.92 Å². The number of nitrogens with zero attached hydrogens (tertiary/aromatic N) is 1. The van der Waals surface area contributed by atoms with Crippen LogP contribution in [0.2, 0.25) is 15.1 Å². The van der Waals surface area contributed by atoms with Gasteiger partial charge in [-0.05, 0) is 48.9 Å². The normalized spacial score (nSPS) is 18.3. The summed E-state index contributed by atoms with van der Waals surface area (Å²) >= 11 is 31.2. The van der Waals surface area contributed by atoms with Gasteiger partial charge in [-0.1, -0.05) is 47.5 Å². The number of likely N-dealkylation sites (N-methyl/N-ethyl adjacent to an activating group) is 1. The summed E-state index contributed by atoms with van der Waals surface area (Å²) < 4.78 is -1.36. The van der Waals surface area contributed by atoms with Gasteiger partial charge in [-0.15, -0.1) is 23.2 Å². The van der Waals surface area contributed by atoms with Gasteiger partial charge in [0.05, 0.1) is 28.4 Å². The quantitative estimate of drug-likeness (QED) is 0.192. The number of allylic oxidation sites excluding steroid dienone is 2. The molecule has 2 unspecified atom stereocenters. The maximum atomic E-state index is 13.0. The van der Waals surface area contributed by atoms with E-state index < -0.39 is 33.9 Å². The lowest BCUT2D eigenvalue weighted by Gasteiger charge is -2.11. The van der Waals surface area contributed by atoms with E-state index >= 15 is 0 Å². The number of alkyl halides is 2. The fourth-order valence-corrected chi connectivity index (χ4v) is 5.12. The molecule has 12 heteroatoms. The van der Waals surface area contributed by atoms with Gasteiger partial charge >= 0.3 is 0 Å². The molecule has 37 heavy (non-hydrogen) atoms. The molecule has 194 valence electrons. The Balaban J connectivity index is 1.73. The number of nitrogens with one attached hydrogen (secondary N) is 3. The summed E-state index contributed by atoms with van der Waals surface area (Å²) in [5.74, 6) is -2.78. The Bertz CT molecular complexity index is 1320. The van der Waals surface area contributed by atoms with Crippen molar-refractivity contribution in [3.63, 3.8) is 0 Å². The lowest BCUT2D eigenvalue weighted by molar-refractivity contribution is -0.118. The van der Waals surface area contributed by atoms with Gasteiger partial charge in [0.1, 0.15) is 10.0 Å². The highest BCUT2D eigenvalue weighted by molar-refractivity contribution is 6.53. The zero-order valence-electron chi connectivity index (χ0n) is 19.5. The number of hydrogen-bond acceptors (Lipinski definition) is 4. The van der Waals surface area contributed by atoms with Crippen LogP contribution in [0.1, 0.15) is 28.8 Å².